The summed E-state index contributed by atoms with van der Waals surface area (Å²) in [7, 11) is 0. The molecule has 1 fully saturated rings. The molecule has 1 saturated heterocycles. The molecule has 0 saturated carbocycles. The number of thiophene rings is 1. The topological polar surface area (TPSA) is 63.2 Å². The number of fused-ring (bicyclic) bond motifs is 1. The molecular formula is C19H25N5OS2. The molecule has 0 amide bonds. The highest BCUT2D eigenvalue weighted by atomic mass is 32.1. The maximum atomic E-state index is 5.46. The number of aromatic nitrogens is 3. The molecule has 1 unspecified atom stereocenters. The van der Waals surface area contributed by atoms with Gasteiger partial charge in [-0.2, -0.15) is 0 Å². The molecule has 4 heterocycles. The number of hydrogen-bond donors (Lipinski definition) is 1. The first kappa shape index (κ1) is 18.7. The van der Waals surface area contributed by atoms with Crippen LogP contribution in [0.5, 0.6) is 0 Å². The zero-order chi connectivity index (χ0) is 19.0. The Morgan fingerprint density at radius 2 is 1.96 bits per heavy atom. The highest BCUT2D eigenvalue weighted by molar-refractivity contribution is 7.18. The lowest BCUT2D eigenvalue weighted by molar-refractivity contribution is 0.0331. The second-order valence-corrected chi connectivity index (χ2v) is 9.49. The molecule has 144 valence electrons. The molecule has 3 aromatic heterocycles. The Balaban J connectivity index is 1.67. The molecule has 8 heteroatoms. The number of anilines is 1. The molecule has 3 aromatic rings. The third kappa shape index (κ3) is 3.99. The minimum Gasteiger partial charge on any atom is -0.379 e. The third-order valence-electron chi connectivity index (χ3n) is 4.91. The van der Waals surface area contributed by atoms with Crippen molar-refractivity contribution in [3.8, 4) is 0 Å². The SMILES string of the molecule is Cc1cnc(C(C)Nc2nc(CN3CCOCC3)nc3sc(C)c(C)c23)s1. The highest BCUT2D eigenvalue weighted by Gasteiger charge is 2.19. The Labute approximate surface area is 167 Å². The van der Waals surface area contributed by atoms with Gasteiger partial charge in [0, 0.05) is 29.0 Å². The van der Waals surface area contributed by atoms with Gasteiger partial charge in [0.25, 0.3) is 0 Å². The molecule has 6 nitrogen and oxygen atoms in total. The summed E-state index contributed by atoms with van der Waals surface area (Å²) in [6.45, 7) is 12.7. The Morgan fingerprint density at radius 3 is 2.67 bits per heavy atom. The molecule has 1 aliphatic rings. The van der Waals surface area contributed by atoms with Crippen molar-refractivity contribution in [2.45, 2.75) is 40.3 Å². The fourth-order valence-electron chi connectivity index (χ4n) is 3.27. The standard InChI is InChI=1S/C19H25N5OS2/c1-11-9-20-18(26-11)13(3)21-17-16-12(2)14(4)27-19(16)23-15(22-17)10-24-5-7-25-8-6-24/h9,13H,5-8,10H2,1-4H3,(H,21,22,23). The summed E-state index contributed by atoms with van der Waals surface area (Å²) < 4.78 is 5.46. The van der Waals surface area contributed by atoms with Crippen LogP contribution >= 0.6 is 22.7 Å². The number of hydrogen-bond acceptors (Lipinski definition) is 8. The van der Waals surface area contributed by atoms with Crippen LogP contribution in [0.1, 0.15) is 39.1 Å². The van der Waals surface area contributed by atoms with Crippen molar-refractivity contribution < 1.29 is 4.74 Å². The Bertz CT molecular complexity index is 945. The van der Waals surface area contributed by atoms with Crippen LogP contribution in [0.2, 0.25) is 0 Å². The maximum absolute atomic E-state index is 5.46. The van der Waals surface area contributed by atoms with Gasteiger partial charge in [0.15, 0.2) is 0 Å². The Hall–Kier alpha value is -1.61. The fourth-order valence-corrected chi connectivity index (χ4v) is 5.09. The molecule has 1 aliphatic heterocycles. The summed E-state index contributed by atoms with van der Waals surface area (Å²) in [6.07, 6.45) is 1.93. The highest BCUT2D eigenvalue weighted by Crippen LogP contribution is 2.35. The van der Waals surface area contributed by atoms with Crippen LogP contribution in [0, 0.1) is 20.8 Å². The predicted molar refractivity (Wildman–Crippen MR) is 112 cm³/mol. The second-order valence-electron chi connectivity index (χ2n) is 7.02. The minimum absolute atomic E-state index is 0.109. The van der Waals surface area contributed by atoms with Gasteiger partial charge in [0.05, 0.1) is 31.2 Å². The van der Waals surface area contributed by atoms with E-state index in [2.05, 4.69) is 42.9 Å². The summed E-state index contributed by atoms with van der Waals surface area (Å²) in [4.78, 5) is 20.3. The van der Waals surface area contributed by atoms with Gasteiger partial charge in [-0.05, 0) is 33.3 Å². The molecule has 27 heavy (non-hydrogen) atoms. The van der Waals surface area contributed by atoms with E-state index in [0.29, 0.717) is 0 Å². The first-order chi connectivity index (χ1) is 13.0. The van der Waals surface area contributed by atoms with E-state index in [9.17, 15) is 0 Å². The van der Waals surface area contributed by atoms with Gasteiger partial charge in [0.1, 0.15) is 21.5 Å². The number of aryl methyl sites for hydroxylation is 3. The summed E-state index contributed by atoms with van der Waals surface area (Å²) in [5, 5.41) is 5.83. The average Bonchev–Trinajstić information content (AvgIpc) is 3.20. The second kappa shape index (κ2) is 7.79. The van der Waals surface area contributed by atoms with Crippen LogP contribution in [0.3, 0.4) is 0 Å². The molecule has 0 spiro atoms. The normalized spacial score (nSPS) is 16.7. The molecule has 0 radical (unpaired) electrons. The zero-order valence-corrected chi connectivity index (χ0v) is 17.8. The molecule has 0 aromatic carbocycles. The van der Waals surface area contributed by atoms with Crippen LogP contribution in [0.15, 0.2) is 6.20 Å². The van der Waals surface area contributed by atoms with Gasteiger partial charge >= 0.3 is 0 Å². The van der Waals surface area contributed by atoms with Crippen LogP contribution in [-0.4, -0.2) is 46.2 Å². The number of nitrogens with zero attached hydrogens (tertiary/aromatic N) is 4. The number of nitrogens with one attached hydrogen (secondary N) is 1. The van der Waals surface area contributed by atoms with Gasteiger partial charge in [-0.3, -0.25) is 4.90 Å². The van der Waals surface area contributed by atoms with E-state index in [-0.39, 0.29) is 6.04 Å². The van der Waals surface area contributed by atoms with Crippen LogP contribution in [0.25, 0.3) is 10.2 Å². The molecular weight excluding hydrogens is 378 g/mol. The Morgan fingerprint density at radius 1 is 1.19 bits per heavy atom. The van der Waals surface area contributed by atoms with Gasteiger partial charge in [-0.15, -0.1) is 22.7 Å². The van der Waals surface area contributed by atoms with Crippen LogP contribution in [-0.2, 0) is 11.3 Å². The number of thiazole rings is 1. The largest absolute Gasteiger partial charge is 0.379 e. The minimum atomic E-state index is 0.109. The Kier molecular flexibility index (Phi) is 5.41. The summed E-state index contributed by atoms with van der Waals surface area (Å²) in [5.74, 6) is 1.79. The van der Waals surface area contributed by atoms with E-state index >= 15 is 0 Å². The van der Waals surface area contributed by atoms with Crippen molar-refractivity contribution in [1.82, 2.24) is 19.9 Å². The molecule has 4 rings (SSSR count). The number of rotatable bonds is 5. The first-order valence-corrected chi connectivity index (χ1v) is 10.9. The van der Waals surface area contributed by atoms with E-state index in [0.717, 1.165) is 59.7 Å². The monoisotopic (exact) mass is 403 g/mol. The van der Waals surface area contributed by atoms with E-state index in [1.165, 1.54) is 15.3 Å². The van der Waals surface area contributed by atoms with Gasteiger partial charge in [-0.1, -0.05) is 0 Å². The first-order valence-electron chi connectivity index (χ1n) is 9.27. The van der Waals surface area contributed by atoms with Crippen molar-refractivity contribution in [2.24, 2.45) is 0 Å². The van der Waals surface area contributed by atoms with Crippen molar-refractivity contribution >= 4 is 38.7 Å². The van der Waals surface area contributed by atoms with E-state index < -0.39 is 0 Å². The quantitative estimate of drug-likeness (QED) is 0.693. The van der Waals surface area contributed by atoms with Crippen molar-refractivity contribution in [3.63, 3.8) is 0 Å². The summed E-state index contributed by atoms with van der Waals surface area (Å²) >= 11 is 3.47. The molecule has 0 bridgehead atoms. The predicted octanol–water partition coefficient (Wildman–Crippen LogP) is 4.08. The summed E-state index contributed by atoms with van der Waals surface area (Å²) in [5.41, 5.74) is 1.26. The third-order valence-corrected chi connectivity index (χ3v) is 7.10. The van der Waals surface area contributed by atoms with E-state index in [1.54, 1.807) is 22.7 Å². The van der Waals surface area contributed by atoms with Crippen molar-refractivity contribution in [2.75, 3.05) is 31.6 Å². The van der Waals surface area contributed by atoms with E-state index in [4.69, 9.17) is 14.7 Å². The zero-order valence-electron chi connectivity index (χ0n) is 16.2. The number of morpholine rings is 1. The molecule has 0 aliphatic carbocycles. The molecule has 1 atom stereocenters. The van der Waals surface area contributed by atoms with Crippen molar-refractivity contribution in [1.29, 1.82) is 0 Å². The number of ether oxygens (including phenoxy) is 1. The lowest BCUT2D eigenvalue weighted by Gasteiger charge is -2.26. The lowest BCUT2D eigenvalue weighted by atomic mass is 10.2. The van der Waals surface area contributed by atoms with E-state index in [1.807, 2.05) is 6.20 Å². The summed E-state index contributed by atoms with van der Waals surface area (Å²) in [6, 6.07) is 0.109. The van der Waals surface area contributed by atoms with Gasteiger partial charge in [-0.25, -0.2) is 15.0 Å². The van der Waals surface area contributed by atoms with Gasteiger partial charge < -0.3 is 10.1 Å². The molecule has 1 N–H and O–H groups in total. The van der Waals surface area contributed by atoms with Crippen LogP contribution < -0.4 is 5.32 Å². The lowest BCUT2D eigenvalue weighted by Crippen LogP contribution is -2.36. The van der Waals surface area contributed by atoms with Crippen molar-refractivity contribution in [3.05, 3.63) is 32.3 Å². The fraction of sp³-hybridized carbons (Fsp3) is 0.526. The maximum Gasteiger partial charge on any atom is 0.146 e. The average molecular weight is 404 g/mol. The van der Waals surface area contributed by atoms with Gasteiger partial charge in [0.2, 0.25) is 0 Å². The van der Waals surface area contributed by atoms with Crippen LogP contribution in [0.4, 0.5) is 5.82 Å². The smallest absolute Gasteiger partial charge is 0.146 e.